The number of halogens is 4. The first-order valence-corrected chi connectivity index (χ1v) is 5.85. The lowest BCUT2D eigenvalue weighted by Crippen LogP contribution is -2.39. The highest BCUT2D eigenvalue weighted by Crippen LogP contribution is 2.37. The van der Waals surface area contributed by atoms with Crippen LogP contribution in [0.25, 0.3) is 0 Å². The van der Waals surface area contributed by atoms with Gasteiger partial charge in [0, 0.05) is 18.7 Å². The van der Waals surface area contributed by atoms with Gasteiger partial charge >= 0.3 is 6.18 Å². The Morgan fingerprint density at radius 3 is 2.47 bits per heavy atom. The standard InChI is InChI=1S/C12H9ClF3NO2/c13-10-2-1-7(5-9(10)12(14,15)16)17-4-3-8(18)6-11(17)19/h1-2,5H,3-4,6H2. The molecule has 1 heterocycles. The van der Waals surface area contributed by atoms with Gasteiger partial charge in [-0.2, -0.15) is 13.2 Å². The molecule has 0 bridgehead atoms. The summed E-state index contributed by atoms with van der Waals surface area (Å²) in [5, 5.41) is -0.420. The molecule has 102 valence electrons. The van der Waals surface area contributed by atoms with Crippen molar-refractivity contribution in [3.63, 3.8) is 0 Å². The Balaban J connectivity index is 2.36. The van der Waals surface area contributed by atoms with Gasteiger partial charge in [0.25, 0.3) is 0 Å². The highest BCUT2D eigenvalue weighted by Gasteiger charge is 2.34. The van der Waals surface area contributed by atoms with Gasteiger partial charge in [-0.3, -0.25) is 9.59 Å². The summed E-state index contributed by atoms with van der Waals surface area (Å²) in [6.45, 7) is 0.0938. The number of hydrogen-bond donors (Lipinski definition) is 0. The summed E-state index contributed by atoms with van der Waals surface area (Å²) in [6, 6.07) is 3.27. The molecule has 0 aromatic heterocycles. The molecular formula is C12H9ClF3NO2. The molecule has 0 radical (unpaired) electrons. The summed E-state index contributed by atoms with van der Waals surface area (Å²) in [5.74, 6) is -0.696. The molecular weight excluding hydrogens is 283 g/mol. The lowest BCUT2D eigenvalue weighted by atomic mass is 10.1. The summed E-state index contributed by atoms with van der Waals surface area (Å²) in [5.41, 5.74) is -0.884. The maximum absolute atomic E-state index is 12.7. The topological polar surface area (TPSA) is 37.4 Å². The number of Topliss-reactive ketones (excluding diaryl/α,β-unsaturated/α-hetero) is 1. The van der Waals surface area contributed by atoms with Crippen LogP contribution in [0.15, 0.2) is 18.2 Å². The van der Waals surface area contributed by atoms with E-state index in [0.717, 1.165) is 12.1 Å². The third kappa shape index (κ3) is 2.89. The third-order valence-electron chi connectivity index (χ3n) is 2.83. The zero-order chi connectivity index (χ0) is 14.2. The summed E-state index contributed by atoms with van der Waals surface area (Å²) in [7, 11) is 0. The zero-order valence-electron chi connectivity index (χ0n) is 9.63. The number of nitrogens with zero attached hydrogens (tertiary/aromatic N) is 1. The van der Waals surface area contributed by atoms with Gasteiger partial charge in [-0.25, -0.2) is 0 Å². The molecule has 19 heavy (non-hydrogen) atoms. The van der Waals surface area contributed by atoms with Crippen LogP contribution in [0.3, 0.4) is 0 Å². The molecule has 0 saturated carbocycles. The fourth-order valence-electron chi connectivity index (χ4n) is 1.89. The summed E-state index contributed by atoms with van der Waals surface area (Å²) >= 11 is 5.50. The number of anilines is 1. The summed E-state index contributed by atoms with van der Waals surface area (Å²) in [6.07, 6.45) is -4.71. The van der Waals surface area contributed by atoms with Crippen LogP contribution in [0, 0.1) is 0 Å². The molecule has 0 aliphatic carbocycles. The number of hydrogen-bond acceptors (Lipinski definition) is 2. The number of rotatable bonds is 1. The van der Waals surface area contributed by atoms with E-state index < -0.39 is 22.7 Å². The van der Waals surface area contributed by atoms with Crippen LogP contribution in [0.5, 0.6) is 0 Å². The number of amides is 1. The molecule has 0 N–H and O–H groups in total. The maximum Gasteiger partial charge on any atom is 0.417 e. The fourth-order valence-corrected chi connectivity index (χ4v) is 2.11. The molecule has 0 spiro atoms. The van der Waals surface area contributed by atoms with Crippen LogP contribution >= 0.6 is 11.6 Å². The molecule has 1 aliphatic rings. The Bertz CT molecular complexity index is 542. The van der Waals surface area contributed by atoms with Crippen LogP contribution in [0.1, 0.15) is 18.4 Å². The molecule has 3 nitrogen and oxygen atoms in total. The van der Waals surface area contributed by atoms with E-state index in [-0.39, 0.29) is 30.9 Å². The van der Waals surface area contributed by atoms with Crippen molar-refractivity contribution in [2.24, 2.45) is 0 Å². The third-order valence-corrected chi connectivity index (χ3v) is 3.16. The second-order valence-corrected chi connectivity index (χ2v) is 4.58. The van der Waals surface area contributed by atoms with Gasteiger partial charge in [0.15, 0.2) is 0 Å². The molecule has 1 aromatic carbocycles. The normalized spacial score (nSPS) is 16.9. The van der Waals surface area contributed by atoms with Gasteiger partial charge in [0.2, 0.25) is 5.91 Å². The number of ketones is 1. The van der Waals surface area contributed by atoms with Gasteiger partial charge in [0.1, 0.15) is 5.78 Å². The first-order valence-electron chi connectivity index (χ1n) is 5.48. The first-order chi connectivity index (χ1) is 8.79. The van der Waals surface area contributed by atoms with Gasteiger partial charge in [-0.15, -0.1) is 0 Å². The highest BCUT2D eigenvalue weighted by atomic mass is 35.5. The average molecular weight is 292 g/mol. The van der Waals surface area contributed by atoms with E-state index in [1.165, 1.54) is 11.0 Å². The van der Waals surface area contributed by atoms with Crippen LogP contribution in [0.2, 0.25) is 5.02 Å². The van der Waals surface area contributed by atoms with Crippen molar-refractivity contribution < 1.29 is 22.8 Å². The number of carbonyl (C=O) groups is 2. The average Bonchev–Trinajstić information content (AvgIpc) is 2.29. The monoisotopic (exact) mass is 291 g/mol. The van der Waals surface area contributed by atoms with Gasteiger partial charge < -0.3 is 4.90 Å². The second kappa shape index (κ2) is 4.85. The molecule has 1 saturated heterocycles. The Hall–Kier alpha value is -1.56. The summed E-state index contributed by atoms with van der Waals surface area (Å²) in [4.78, 5) is 23.9. The van der Waals surface area contributed by atoms with Crippen LogP contribution in [-0.2, 0) is 15.8 Å². The van der Waals surface area contributed by atoms with E-state index in [0.29, 0.717) is 0 Å². The van der Waals surface area contributed by atoms with Crippen molar-refractivity contribution in [2.75, 3.05) is 11.4 Å². The van der Waals surface area contributed by atoms with Crippen LogP contribution in [0.4, 0.5) is 18.9 Å². The Kier molecular flexibility index (Phi) is 3.54. The summed E-state index contributed by atoms with van der Waals surface area (Å²) < 4.78 is 38.1. The minimum Gasteiger partial charge on any atom is -0.312 e. The van der Waals surface area contributed by atoms with Crippen molar-refractivity contribution in [2.45, 2.75) is 19.0 Å². The molecule has 1 fully saturated rings. The SMILES string of the molecule is O=C1CCN(c2ccc(Cl)c(C(F)(F)F)c2)C(=O)C1. The zero-order valence-corrected chi connectivity index (χ0v) is 10.4. The van der Waals surface area contributed by atoms with Crippen molar-refractivity contribution in [3.8, 4) is 0 Å². The Morgan fingerprint density at radius 2 is 1.89 bits per heavy atom. The minimum atomic E-state index is -4.58. The predicted octanol–water partition coefficient (Wildman–Crippen LogP) is 3.05. The van der Waals surface area contributed by atoms with Gasteiger partial charge in [-0.1, -0.05) is 11.6 Å². The van der Waals surface area contributed by atoms with Gasteiger partial charge in [0.05, 0.1) is 17.0 Å². The lowest BCUT2D eigenvalue weighted by molar-refractivity contribution is -0.137. The number of alkyl halides is 3. The molecule has 0 atom stereocenters. The van der Waals surface area contributed by atoms with E-state index in [9.17, 15) is 22.8 Å². The van der Waals surface area contributed by atoms with Gasteiger partial charge in [-0.05, 0) is 18.2 Å². The van der Waals surface area contributed by atoms with Crippen LogP contribution in [-0.4, -0.2) is 18.2 Å². The van der Waals surface area contributed by atoms with E-state index in [2.05, 4.69) is 0 Å². The lowest BCUT2D eigenvalue weighted by Gasteiger charge is -2.27. The van der Waals surface area contributed by atoms with Crippen LogP contribution < -0.4 is 4.90 Å². The fraction of sp³-hybridized carbons (Fsp3) is 0.333. The molecule has 2 rings (SSSR count). The number of benzene rings is 1. The Morgan fingerprint density at radius 1 is 1.21 bits per heavy atom. The van der Waals surface area contributed by atoms with E-state index in [1.807, 2.05) is 0 Å². The minimum absolute atomic E-state index is 0.0938. The van der Waals surface area contributed by atoms with Crippen molar-refractivity contribution in [1.82, 2.24) is 0 Å². The maximum atomic E-state index is 12.7. The quantitative estimate of drug-likeness (QED) is 0.746. The number of piperidine rings is 1. The highest BCUT2D eigenvalue weighted by molar-refractivity contribution is 6.31. The molecule has 1 aliphatic heterocycles. The van der Waals surface area contributed by atoms with Crippen molar-refractivity contribution in [1.29, 1.82) is 0 Å². The molecule has 7 heteroatoms. The molecule has 1 aromatic rings. The molecule has 1 amide bonds. The van der Waals surface area contributed by atoms with Crippen molar-refractivity contribution >= 4 is 29.0 Å². The van der Waals surface area contributed by atoms with E-state index >= 15 is 0 Å². The second-order valence-electron chi connectivity index (χ2n) is 4.17. The largest absolute Gasteiger partial charge is 0.417 e. The molecule has 0 unspecified atom stereocenters. The first kappa shape index (κ1) is 13.9. The predicted molar refractivity (Wildman–Crippen MR) is 63.0 cm³/mol. The van der Waals surface area contributed by atoms with E-state index in [1.54, 1.807) is 0 Å². The smallest absolute Gasteiger partial charge is 0.312 e. The Labute approximate surface area is 111 Å². The van der Waals surface area contributed by atoms with E-state index in [4.69, 9.17) is 11.6 Å². The van der Waals surface area contributed by atoms with Crippen molar-refractivity contribution in [3.05, 3.63) is 28.8 Å². The number of carbonyl (C=O) groups excluding carboxylic acids is 2.